The molecule has 9 heteroatoms. The van der Waals surface area contributed by atoms with Crippen LogP contribution in [0.15, 0.2) is 48.5 Å². The maximum atomic E-state index is 12.9. The fourth-order valence-electron chi connectivity index (χ4n) is 2.75. The first kappa shape index (κ1) is 19.2. The monoisotopic (exact) mass is 405 g/mol. The number of nitrogens with one attached hydrogen (secondary N) is 1. The molecule has 27 heavy (non-hydrogen) atoms. The minimum Gasteiger partial charge on any atom is -0.350 e. The lowest BCUT2D eigenvalue weighted by atomic mass is 10.1. The Labute approximate surface area is 164 Å². The van der Waals surface area contributed by atoms with Crippen LogP contribution in [0.5, 0.6) is 0 Å². The van der Waals surface area contributed by atoms with E-state index in [1.807, 2.05) is 30.3 Å². The summed E-state index contributed by atoms with van der Waals surface area (Å²) in [4.78, 5) is 37.4. The first-order chi connectivity index (χ1) is 13.0. The van der Waals surface area contributed by atoms with Gasteiger partial charge >= 0.3 is 0 Å². The van der Waals surface area contributed by atoms with Crippen LogP contribution in [0, 0.1) is 10.1 Å². The van der Waals surface area contributed by atoms with E-state index >= 15 is 0 Å². The molecule has 2 aromatic rings. The molecule has 0 spiro atoms. The van der Waals surface area contributed by atoms with E-state index in [9.17, 15) is 19.7 Å². The number of carbonyl (C=O) groups excluding carboxylic acids is 2. The summed E-state index contributed by atoms with van der Waals surface area (Å²) in [5.41, 5.74) is 0.503. The van der Waals surface area contributed by atoms with Crippen LogP contribution < -0.4 is 5.32 Å². The first-order valence-corrected chi connectivity index (χ1v) is 9.65. The standard InChI is InChI=1S/C18H16ClN3O4S/c19-13-6-7-14(15(8-13)22(25)26)18(24)21-11-27-10-16(21)17(23)20-9-12-4-2-1-3-5-12/h1-8,16H,9-11H2,(H,20,23). The van der Waals surface area contributed by atoms with Crippen molar-refractivity contribution in [3.8, 4) is 0 Å². The summed E-state index contributed by atoms with van der Waals surface area (Å²) in [6.07, 6.45) is 0. The number of hydrogen-bond acceptors (Lipinski definition) is 5. The van der Waals surface area contributed by atoms with Crippen molar-refractivity contribution in [2.45, 2.75) is 12.6 Å². The molecule has 2 aromatic carbocycles. The Morgan fingerprint density at radius 2 is 2.00 bits per heavy atom. The zero-order chi connectivity index (χ0) is 19.4. The molecule has 1 aliphatic heterocycles. The topological polar surface area (TPSA) is 92.6 Å². The molecule has 2 amide bonds. The highest BCUT2D eigenvalue weighted by Crippen LogP contribution is 2.29. The molecule has 1 saturated heterocycles. The average Bonchev–Trinajstić information content (AvgIpc) is 3.16. The van der Waals surface area contributed by atoms with Gasteiger partial charge in [-0.15, -0.1) is 11.8 Å². The van der Waals surface area contributed by atoms with Crippen LogP contribution in [0.4, 0.5) is 5.69 Å². The van der Waals surface area contributed by atoms with E-state index in [1.165, 1.54) is 28.8 Å². The molecule has 140 valence electrons. The van der Waals surface area contributed by atoms with Crippen LogP contribution in [0.3, 0.4) is 0 Å². The number of hydrogen-bond donors (Lipinski definition) is 1. The van der Waals surface area contributed by atoms with E-state index in [0.717, 1.165) is 11.6 Å². The number of thioether (sulfide) groups is 1. The van der Waals surface area contributed by atoms with Crippen molar-refractivity contribution in [1.29, 1.82) is 0 Å². The molecule has 1 atom stereocenters. The molecular weight excluding hydrogens is 390 g/mol. The summed E-state index contributed by atoms with van der Waals surface area (Å²) in [5, 5.41) is 14.3. The predicted molar refractivity (Wildman–Crippen MR) is 104 cm³/mol. The van der Waals surface area contributed by atoms with Gasteiger partial charge in [-0.25, -0.2) is 0 Å². The molecule has 0 bridgehead atoms. The van der Waals surface area contributed by atoms with Crippen molar-refractivity contribution in [2.24, 2.45) is 0 Å². The van der Waals surface area contributed by atoms with E-state index in [-0.39, 0.29) is 22.2 Å². The number of nitro benzene ring substituents is 1. The molecule has 0 aliphatic carbocycles. The number of benzene rings is 2. The molecule has 1 unspecified atom stereocenters. The first-order valence-electron chi connectivity index (χ1n) is 8.11. The summed E-state index contributed by atoms with van der Waals surface area (Å²) in [7, 11) is 0. The lowest BCUT2D eigenvalue weighted by Crippen LogP contribution is -2.47. The van der Waals surface area contributed by atoms with Gasteiger partial charge in [0.1, 0.15) is 11.6 Å². The summed E-state index contributed by atoms with van der Waals surface area (Å²) >= 11 is 7.24. The molecule has 1 aliphatic rings. The number of nitro groups is 1. The van der Waals surface area contributed by atoms with Crippen molar-refractivity contribution in [1.82, 2.24) is 10.2 Å². The maximum Gasteiger partial charge on any atom is 0.283 e. The Kier molecular flexibility index (Phi) is 5.98. The number of rotatable bonds is 5. The highest BCUT2D eigenvalue weighted by molar-refractivity contribution is 7.99. The largest absolute Gasteiger partial charge is 0.350 e. The Balaban J connectivity index is 1.75. The predicted octanol–water partition coefficient (Wildman–Crippen LogP) is 3.08. The summed E-state index contributed by atoms with van der Waals surface area (Å²) in [5.74, 6) is -0.104. The number of carbonyl (C=O) groups is 2. The smallest absolute Gasteiger partial charge is 0.283 e. The summed E-state index contributed by atoms with van der Waals surface area (Å²) in [6, 6.07) is 12.6. The van der Waals surface area contributed by atoms with Crippen molar-refractivity contribution in [3.05, 3.63) is 74.8 Å². The Bertz CT molecular complexity index is 878. The minimum atomic E-state index is -0.679. The second-order valence-corrected chi connectivity index (χ2v) is 7.35. The third kappa shape index (κ3) is 4.40. The van der Waals surface area contributed by atoms with Crippen molar-refractivity contribution in [2.75, 3.05) is 11.6 Å². The van der Waals surface area contributed by atoms with Crippen LogP contribution in [0.1, 0.15) is 15.9 Å². The highest BCUT2D eigenvalue weighted by Gasteiger charge is 2.37. The number of nitrogens with zero attached hydrogens (tertiary/aromatic N) is 2. The quantitative estimate of drug-likeness (QED) is 0.609. The highest BCUT2D eigenvalue weighted by atomic mass is 35.5. The van der Waals surface area contributed by atoms with E-state index in [1.54, 1.807) is 0 Å². The van der Waals surface area contributed by atoms with Crippen molar-refractivity contribution >= 4 is 40.9 Å². The Hall–Kier alpha value is -2.58. The molecule has 0 saturated carbocycles. The van der Waals surface area contributed by atoms with Gasteiger partial charge in [-0.05, 0) is 17.7 Å². The van der Waals surface area contributed by atoms with Gasteiger partial charge in [0.2, 0.25) is 5.91 Å². The fourth-order valence-corrected chi connectivity index (χ4v) is 4.07. The SMILES string of the molecule is O=C(NCc1ccccc1)C1CSCN1C(=O)c1ccc(Cl)cc1[N+](=O)[O-]. The molecule has 7 nitrogen and oxygen atoms in total. The molecule has 3 rings (SSSR count). The van der Waals surface area contributed by atoms with Crippen LogP contribution >= 0.6 is 23.4 Å². The van der Waals surface area contributed by atoms with Gasteiger partial charge in [-0.2, -0.15) is 0 Å². The van der Waals surface area contributed by atoms with Crippen LogP contribution in [0.2, 0.25) is 5.02 Å². The molecule has 0 radical (unpaired) electrons. The lowest BCUT2D eigenvalue weighted by Gasteiger charge is -2.23. The van der Waals surface area contributed by atoms with E-state index in [2.05, 4.69) is 5.32 Å². The van der Waals surface area contributed by atoms with Gasteiger partial charge in [0.05, 0.1) is 10.8 Å². The zero-order valence-electron chi connectivity index (χ0n) is 14.1. The van der Waals surface area contributed by atoms with Crippen LogP contribution in [-0.2, 0) is 11.3 Å². The average molecular weight is 406 g/mol. The van der Waals surface area contributed by atoms with Crippen molar-refractivity contribution in [3.63, 3.8) is 0 Å². The van der Waals surface area contributed by atoms with Gasteiger partial charge in [0, 0.05) is 23.4 Å². The second kappa shape index (κ2) is 8.41. The fraction of sp³-hybridized carbons (Fsp3) is 0.222. The van der Waals surface area contributed by atoms with Gasteiger partial charge in [-0.1, -0.05) is 41.9 Å². The summed E-state index contributed by atoms with van der Waals surface area (Å²) in [6.45, 7) is 0.351. The minimum absolute atomic E-state index is 0.0761. The second-order valence-electron chi connectivity index (χ2n) is 5.91. The Morgan fingerprint density at radius 1 is 1.26 bits per heavy atom. The third-order valence-corrected chi connectivity index (χ3v) is 5.39. The van der Waals surface area contributed by atoms with Crippen molar-refractivity contribution < 1.29 is 14.5 Å². The molecule has 0 aromatic heterocycles. The number of amides is 2. The molecule has 1 heterocycles. The summed E-state index contributed by atoms with van der Waals surface area (Å²) < 4.78 is 0. The molecule has 1 fully saturated rings. The molecule has 1 N–H and O–H groups in total. The van der Waals surface area contributed by atoms with Gasteiger partial charge < -0.3 is 10.2 Å². The normalized spacial score (nSPS) is 16.2. The third-order valence-electron chi connectivity index (χ3n) is 4.14. The van der Waals surface area contributed by atoms with E-state index in [4.69, 9.17) is 11.6 Å². The Morgan fingerprint density at radius 3 is 2.70 bits per heavy atom. The number of halogens is 1. The van der Waals surface area contributed by atoms with Gasteiger partial charge in [0.15, 0.2) is 0 Å². The van der Waals surface area contributed by atoms with Crippen LogP contribution in [0.25, 0.3) is 0 Å². The van der Waals surface area contributed by atoms with Gasteiger partial charge in [0.25, 0.3) is 11.6 Å². The van der Waals surface area contributed by atoms with Crippen LogP contribution in [-0.4, -0.2) is 39.3 Å². The maximum absolute atomic E-state index is 12.9. The van der Waals surface area contributed by atoms with Gasteiger partial charge in [-0.3, -0.25) is 19.7 Å². The zero-order valence-corrected chi connectivity index (χ0v) is 15.7. The van der Waals surface area contributed by atoms with E-state index < -0.39 is 16.9 Å². The lowest BCUT2D eigenvalue weighted by molar-refractivity contribution is -0.385. The molecular formula is C18H16ClN3O4S. The van der Waals surface area contributed by atoms with E-state index in [0.29, 0.717) is 18.2 Å².